The molecule has 1 heterocycles. The van der Waals surface area contributed by atoms with Gasteiger partial charge in [0, 0.05) is 11.8 Å². The van der Waals surface area contributed by atoms with E-state index in [0.29, 0.717) is 39.8 Å². The molecule has 4 saturated carbocycles. The molecule has 4 nitrogen and oxygen atoms in total. The summed E-state index contributed by atoms with van der Waals surface area (Å²) in [5, 5.41) is 0.213. The van der Waals surface area contributed by atoms with Gasteiger partial charge in [0.15, 0.2) is 11.6 Å². The van der Waals surface area contributed by atoms with Gasteiger partial charge < -0.3 is 4.74 Å². The normalized spacial score (nSPS) is 28.1. The van der Waals surface area contributed by atoms with Crippen LogP contribution in [0, 0.1) is 23.7 Å². The minimum absolute atomic E-state index is 0.0564. The molecule has 4 fully saturated rings. The predicted octanol–water partition coefficient (Wildman–Crippen LogP) is 6.96. The Labute approximate surface area is 204 Å². The van der Waals surface area contributed by atoms with Crippen molar-refractivity contribution in [2.45, 2.75) is 51.1 Å². The number of hydrogen-bond donors (Lipinski definition) is 0. The molecule has 0 N–H and O–H groups in total. The van der Waals surface area contributed by atoms with Crippen molar-refractivity contribution < 1.29 is 27.5 Å². The molecule has 2 unspecified atom stereocenters. The Morgan fingerprint density at radius 2 is 1.63 bits per heavy atom. The number of carbonyl (C=O) groups excluding carboxylic acids is 2. The van der Waals surface area contributed by atoms with E-state index in [1.54, 1.807) is 12.1 Å². The van der Waals surface area contributed by atoms with Crippen molar-refractivity contribution >= 4 is 33.1 Å². The number of Topliss-reactive ketones (excluding diaryl/α,β-unsaturated/α-hetero) is 2. The van der Waals surface area contributed by atoms with E-state index in [2.05, 4.69) is 4.98 Å². The molecule has 2 aromatic carbocycles. The first kappa shape index (κ1) is 22.7. The quantitative estimate of drug-likeness (QED) is 0.364. The molecule has 0 radical (unpaired) electrons. The van der Waals surface area contributed by atoms with Gasteiger partial charge in [0.1, 0.15) is 11.7 Å². The molecular weight excluding hydrogens is 475 g/mol. The number of thiazole rings is 1. The zero-order chi connectivity index (χ0) is 24.5. The van der Waals surface area contributed by atoms with Gasteiger partial charge in [0.25, 0.3) is 5.19 Å². The highest BCUT2D eigenvalue weighted by atomic mass is 32.1. The topological polar surface area (TPSA) is 56.3 Å². The summed E-state index contributed by atoms with van der Waals surface area (Å²) in [5.41, 5.74) is 1.33. The Bertz CT molecular complexity index is 1310. The molecule has 2 bridgehead atoms. The van der Waals surface area contributed by atoms with E-state index in [0.717, 1.165) is 54.7 Å². The van der Waals surface area contributed by atoms with Crippen molar-refractivity contribution in [3.05, 3.63) is 53.1 Å². The number of ether oxygens (including phenoxy) is 1. The highest BCUT2D eigenvalue weighted by Gasteiger charge is 2.59. The van der Waals surface area contributed by atoms with E-state index in [4.69, 9.17) is 4.74 Å². The fourth-order valence-corrected chi connectivity index (χ4v) is 7.43. The minimum Gasteiger partial charge on any atom is -0.431 e. The molecule has 2 atom stereocenters. The Kier molecular flexibility index (Phi) is 5.29. The summed E-state index contributed by atoms with van der Waals surface area (Å²) >= 11 is 1.03. The molecule has 0 spiro atoms. The summed E-state index contributed by atoms with van der Waals surface area (Å²) in [4.78, 5) is 31.4. The number of carbonyl (C=O) groups is 2. The Morgan fingerprint density at radius 3 is 2.23 bits per heavy atom. The molecule has 182 valence electrons. The molecular formula is C27H24F3NO3S. The average Bonchev–Trinajstić information content (AvgIpc) is 3.37. The first-order chi connectivity index (χ1) is 16.7. The van der Waals surface area contributed by atoms with Gasteiger partial charge in [0.05, 0.1) is 15.8 Å². The number of benzene rings is 2. The van der Waals surface area contributed by atoms with Gasteiger partial charge in [-0.15, -0.1) is 0 Å². The zero-order valence-corrected chi connectivity index (χ0v) is 19.9. The van der Waals surface area contributed by atoms with Crippen LogP contribution in [0.2, 0.25) is 0 Å². The largest absolute Gasteiger partial charge is 0.431 e. The van der Waals surface area contributed by atoms with Crippen LogP contribution in [0.15, 0.2) is 36.4 Å². The standard InChI is InChI=1S/C27H24F3NO3S/c1-2-13-7-9-17(34-26-31-19-10-8-16(27(28,29)30)11-20(19)35-26)12-18(13)23-24(32)21-14-3-4-15(6-5-14)22(21)25(23)33/h7-12,14-15,21-23H,2-6H2,1H3. The molecule has 4 aliphatic carbocycles. The number of nitrogens with zero attached hydrogens (tertiary/aromatic N) is 1. The number of fused-ring (bicyclic) bond motifs is 3. The van der Waals surface area contributed by atoms with E-state index < -0.39 is 17.7 Å². The van der Waals surface area contributed by atoms with Gasteiger partial charge in [-0.2, -0.15) is 13.2 Å². The molecule has 3 aromatic rings. The molecule has 7 rings (SSSR count). The molecule has 4 aliphatic rings. The van der Waals surface area contributed by atoms with Crippen LogP contribution in [-0.2, 0) is 22.2 Å². The number of rotatable bonds is 4. The first-order valence-electron chi connectivity index (χ1n) is 12.1. The second-order valence-electron chi connectivity index (χ2n) is 9.94. The average molecular weight is 500 g/mol. The summed E-state index contributed by atoms with van der Waals surface area (Å²) in [5.74, 6) is 0.116. The van der Waals surface area contributed by atoms with Crippen LogP contribution < -0.4 is 4.74 Å². The predicted molar refractivity (Wildman–Crippen MR) is 126 cm³/mol. The van der Waals surface area contributed by atoms with Gasteiger partial charge >= 0.3 is 6.18 Å². The van der Waals surface area contributed by atoms with Crippen LogP contribution in [0.4, 0.5) is 13.2 Å². The van der Waals surface area contributed by atoms with E-state index >= 15 is 0 Å². The number of alkyl halides is 3. The highest BCUT2D eigenvalue weighted by molar-refractivity contribution is 7.20. The third kappa shape index (κ3) is 3.68. The lowest BCUT2D eigenvalue weighted by Gasteiger charge is -2.43. The van der Waals surface area contributed by atoms with Crippen molar-refractivity contribution in [1.82, 2.24) is 4.98 Å². The van der Waals surface area contributed by atoms with E-state index in [-0.39, 0.29) is 28.6 Å². The Morgan fingerprint density at radius 1 is 0.971 bits per heavy atom. The summed E-state index contributed by atoms with van der Waals surface area (Å²) in [6, 6.07) is 8.79. The lowest BCUT2D eigenvalue weighted by molar-refractivity contribution is -0.137. The van der Waals surface area contributed by atoms with Crippen LogP contribution in [0.5, 0.6) is 10.9 Å². The molecule has 35 heavy (non-hydrogen) atoms. The van der Waals surface area contributed by atoms with Crippen LogP contribution in [0.1, 0.15) is 55.2 Å². The number of ketones is 2. The van der Waals surface area contributed by atoms with Crippen LogP contribution in [0.3, 0.4) is 0 Å². The van der Waals surface area contributed by atoms with Crippen molar-refractivity contribution in [2.24, 2.45) is 23.7 Å². The SMILES string of the molecule is CCc1ccc(Oc2nc3ccc(C(F)(F)F)cc3s2)cc1C1C(=O)C2C3CCC(CC3)C2C1=O. The highest BCUT2D eigenvalue weighted by Crippen LogP contribution is 2.56. The molecule has 8 heteroatoms. The minimum atomic E-state index is -4.43. The van der Waals surface area contributed by atoms with Gasteiger partial charge in [-0.3, -0.25) is 9.59 Å². The Balaban J connectivity index is 1.33. The summed E-state index contributed by atoms with van der Waals surface area (Å²) < 4.78 is 45.5. The summed E-state index contributed by atoms with van der Waals surface area (Å²) in [7, 11) is 0. The summed E-state index contributed by atoms with van der Waals surface area (Å²) in [6.07, 6.45) is 0.394. The van der Waals surface area contributed by atoms with E-state index in [1.165, 1.54) is 6.07 Å². The molecule has 1 aromatic heterocycles. The number of hydrogen-bond acceptors (Lipinski definition) is 5. The van der Waals surface area contributed by atoms with Gasteiger partial charge in [0.2, 0.25) is 0 Å². The first-order valence-corrected chi connectivity index (χ1v) is 12.9. The molecule has 0 saturated heterocycles. The monoisotopic (exact) mass is 499 g/mol. The van der Waals surface area contributed by atoms with Crippen molar-refractivity contribution in [3.8, 4) is 10.9 Å². The van der Waals surface area contributed by atoms with Crippen molar-refractivity contribution in [1.29, 1.82) is 0 Å². The second kappa shape index (κ2) is 8.15. The van der Waals surface area contributed by atoms with Crippen LogP contribution >= 0.6 is 11.3 Å². The summed E-state index contributed by atoms with van der Waals surface area (Å²) in [6.45, 7) is 1.99. The number of aryl methyl sites for hydroxylation is 1. The number of halogens is 3. The van der Waals surface area contributed by atoms with Gasteiger partial charge in [-0.05, 0) is 85.4 Å². The number of aromatic nitrogens is 1. The third-order valence-corrected chi connectivity index (χ3v) is 9.05. The second-order valence-corrected chi connectivity index (χ2v) is 10.9. The van der Waals surface area contributed by atoms with Crippen molar-refractivity contribution in [3.63, 3.8) is 0 Å². The fraction of sp³-hybridized carbons (Fsp3) is 0.444. The molecule has 0 amide bonds. The molecule has 0 aliphatic heterocycles. The van der Waals surface area contributed by atoms with Crippen molar-refractivity contribution in [2.75, 3.05) is 0 Å². The van der Waals surface area contributed by atoms with E-state index in [1.807, 2.05) is 13.0 Å². The van der Waals surface area contributed by atoms with Crippen LogP contribution in [0.25, 0.3) is 10.2 Å². The fourth-order valence-electron chi connectivity index (χ4n) is 6.55. The lowest BCUT2D eigenvalue weighted by atomic mass is 9.59. The smallest absolute Gasteiger partial charge is 0.416 e. The third-order valence-electron chi connectivity index (χ3n) is 8.16. The van der Waals surface area contributed by atoms with Gasteiger partial charge in [-0.1, -0.05) is 24.3 Å². The van der Waals surface area contributed by atoms with Crippen LogP contribution in [-0.4, -0.2) is 16.6 Å². The zero-order valence-electron chi connectivity index (χ0n) is 19.1. The maximum Gasteiger partial charge on any atom is 0.416 e. The Hall–Kier alpha value is -2.74. The van der Waals surface area contributed by atoms with Gasteiger partial charge in [-0.25, -0.2) is 4.98 Å². The lowest BCUT2D eigenvalue weighted by Crippen LogP contribution is -2.41. The maximum atomic E-state index is 13.5. The van der Waals surface area contributed by atoms with E-state index in [9.17, 15) is 22.8 Å². The maximum absolute atomic E-state index is 13.5.